The molecule has 1 rings (SSSR count). The number of carbonyl (C=O) groups is 2. The van der Waals surface area contributed by atoms with Crippen molar-refractivity contribution in [2.24, 2.45) is 0 Å². The first-order valence-electron chi connectivity index (χ1n) is 5.17. The predicted molar refractivity (Wildman–Crippen MR) is 61.3 cm³/mol. The van der Waals surface area contributed by atoms with E-state index >= 15 is 0 Å². The van der Waals surface area contributed by atoms with Gasteiger partial charge in [0.05, 0.1) is 18.6 Å². The summed E-state index contributed by atoms with van der Waals surface area (Å²) in [7, 11) is 0. The molecule has 0 spiro atoms. The van der Waals surface area contributed by atoms with E-state index in [-0.39, 0.29) is 0 Å². The Bertz CT molecular complexity index is 425. The zero-order valence-corrected chi connectivity index (χ0v) is 9.66. The Morgan fingerprint density at radius 2 is 2.22 bits per heavy atom. The first kappa shape index (κ1) is 13.9. The summed E-state index contributed by atoms with van der Waals surface area (Å²) >= 11 is 0. The van der Waals surface area contributed by atoms with E-state index < -0.39 is 24.0 Å². The number of furan rings is 1. The minimum atomic E-state index is -1.23. The second kappa shape index (κ2) is 6.58. The van der Waals surface area contributed by atoms with Crippen molar-refractivity contribution >= 4 is 17.9 Å². The van der Waals surface area contributed by atoms with Crippen LogP contribution < -0.4 is 10.8 Å². The largest absolute Gasteiger partial charge is 0.472 e. The Kier molecular flexibility index (Phi) is 5.09. The number of amides is 2. The van der Waals surface area contributed by atoms with Crippen molar-refractivity contribution in [2.45, 2.75) is 19.1 Å². The summed E-state index contributed by atoms with van der Waals surface area (Å²) in [6.45, 7) is 1.32. The Morgan fingerprint density at radius 1 is 1.50 bits per heavy atom. The average molecular weight is 254 g/mol. The third-order valence-electron chi connectivity index (χ3n) is 2.14. The number of hydrogen-bond donors (Lipinski definition) is 4. The Hall–Kier alpha value is -2.12. The lowest BCUT2D eigenvalue weighted by atomic mass is 10.1. The summed E-state index contributed by atoms with van der Waals surface area (Å²) in [6.07, 6.45) is 4.43. The lowest BCUT2D eigenvalue weighted by Crippen LogP contribution is -2.51. The molecule has 1 heterocycles. The lowest BCUT2D eigenvalue weighted by molar-refractivity contribution is -0.136. The van der Waals surface area contributed by atoms with Crippen LogP contribution in [-0.4, -0.2) is 34.3 Å². The first-order valence-corrected chi connectivity index (χ1v) is 5.17. The summed E-state index contributed by atoms with van der Waals surface area (Å²) < 4.78 is 4.80. The number of hydroxylamine groups is 1. The zero-order valence-electron chi connectivity index (χ0n) is 9.66. The number of aliphatic hydroxyl groups excluding tert-OH is 1. The van der Waals surface area contributed by atoms with Gasteiger partial charge in [-0.05, 0) is 19.1 Å². The van der Waals surface area contributed by atoms with Crippen molar-refractivity contribution in [3.8, 4) is 0 Å². The van der Waals surface area contributed by atoms with E-state index in [9.17, 15) is 14.7 Å². The van der Waals surface area contributed by atoms with Crippen molar-refractivity contribution in [1.82, 2.24) is 10.8 Å². The molecule has 18 heavy (non-hydrogen) atoms. The maximum Gasteiger partial charge on any atom is 0.268 e. The van der Waals surface area contributed by atoms with Crippen LogP contribution in [-0.2, 0) is 9.59 Å². The predicted octanol–water partition coefficient (Wildman–Crippen LogP) is -0.336. The van der Waals surface area contributed by atoms with Crippen LogP contribution in [0.15, 0.2) is 29.1 Å². The Balaban J connectivity index is 2.59. The molecule has 1 aromatic rings. The van der Waals surface area contributed by atoms with Gasteiger partial charge in [0.1, 0.15) is 6.04 Å². The Morgan fingerprint density at radius 3 is 2.72 bits per heavy atom. The molecule has 0 saturated heterocycles. The van der Waals surface area contributed by atoms with Gasteiger partial charge in [-0.25, -0.2) is 5.48 Å². The second-order valence-corrected chi connectivity index (χ2v) is 3.59. The van der Waals surface area contributed by atoms with Crippen molar-refractivity contribution in [1.29, 1.82) is 0 Å². The van der Waals surface area contributed by atoms with Crippen molar-refractivity contribution in [3.63, 3.8) is 0 Å². The molecular formula is C11H14N2O5. The van der Waals surface area contributed by atoms with Crippen LogP contribution in [0, 0.1) is 0 Å². The number of hydrogen-bond acceptors (Lipinski definition) is 5. The van der Waals surface area contributed by atoms with Gasteiger partial charge >= 0.3 is 0 Å². The topological polar surface area (TPSA) is 112 Å². The molecule has 2 unspecified atom stereocenters. The third kappa shape index (κ3) is 4.04. The number of aliphatic hydroxyl groups is 1. The number of carbonyl (C=O) groups excluding carboxylic acids is 2. The van der Waals surface area contributed by atoms with Crippen LogP contribution in [0.25, 0.3) is 6.08 Å². The fourth-order valence-electron chi connectivity index (χ4n) is 1.22. The molecule has 0 bridgehead atoms. The van der Waals surface area contributed by atoms with Gasteiger partial charge in [-0.1, -0.05) is 0 Å². The summed E-state index contributed by atoms with van der Waals surface area (Å²) in [6, 6.07) is 0.424. The lowest BCUT2D eigenvalue weighted by Gasteiger charge is -2.18. The molecule has 2 atom stereocenters. The molecule has 0 aliphatic heterocycles. The van der Waals surface area contributed by atoms with Gasteiger partial charge in [-0.2, -0.15) is 0 Å². The van der Waals surface area contributed by atoms with Crippen LogP contribution in [0.3, 0.4) is 0 Å². The van der Waals surface area contributed by atoms with Gasteiger partial charge in [0.25, 0.3) is 5.91 Å². The molecule has 0 fully saturated rings. The van der Waals surface area contributed by atoms with Crippen LogP contribution in [0.1, 0.15) is 12.5 Å². The van der Waals surface area contributed by atoms with E-state index in [1.54, 1.807) is 6.07 Å². The minimum Gasteiger partial charge on any atom is -0.472 e. The van der Waals surface area contributed by atoms with Gasteiger partial charge in [0.2, 0.25) is 5.91 Å². The second-order valence-electron chi connectivity index (χ2n) is 3.59. The third-order valence-corrected chi connectivity index (χ3v) is 2.14. The molecule has 0 aliphatic carbocycles. The van der Waals surface area contributed by atoms with E-state index in [1.807, 2.05) is 0 Å². The van der Waals surface area contributed by atoms with Crippen LogP contribution in [0.2, 0.25) is 0 Å². The summed E-state index contributed by atoms with van der Waals surface area (Å²) in [5.74, 6) is -1.47. The maximum absolute atomic E-state index is 11.5. The Labute approximate surface area is 103 Å². The summed E-state index contributed by atoms with van der Waals surface area (Å²) in [5.41, 5.74) is 2.05. The van der Waals surface area contributed by atoms with Crippen LogP contribution in [0.4, 0.5) is 0 Å². The van der Waals surface area contributed by atoms with Gasteiger partial charge in [-0.3, -0.25) is 14.8 Å². The van der Waals surface area contributed by atoms with Gasteiger partial charge < -0.3 is 14.8 Å². The molecule has 7 heteroatoms. The molecule has 0 radical (unpaired) electrons. The van der Waals surface area contributed by atoms with Gasteiger partial charge in [0.15, 0.2) is 0 Å². The average Bonchev–Trinajstić information content (AvgIpc) is 2.85. The molecule has 7 nitrogen and oxygen atoms in total. The van der Waals surface area contributed by atoms with Crippen LogP contribution in [0.5, 0.6) is 0 Å². The fourth-order valence-corrected chi connectivity index (χ4v) is 1.22. The summed E-state index contributed by atoms with van der Waals surface area (Å²) in [5, 5.41) is 20.0. The van der Waals surface area contributed by atoms with E-state index in [4.69, 9.17) is 9.62 Å². The SMILES string of the molecule is CC(O)C(NC(=O)C=Cc1ccoc1)C(=O)NO. The normalized spacial score (nSPS) is 14.2. The minimum absolute atomic E-state index is 0.578. The van der Waals surface area contributed by atoms with E-state index in [0.29, 0.717) is 5.56 Å². The number of rotatable bonds is 5. The quantitative estimate of drug-likeness (QED) is 0.326. The monoisotopic (exact) mass is 254 g/mol. The van der Waals surface area contributed by atoms with Crippen LogP contribution >= 0.6 is 0 Å². The van der Waals surface area contributed by atoms with Gasteiger partial charge in [0, 0.05) is 11.6 Å². The first-order chi connectivity index (χ1) is 8.54. The highest BCUT2D eigenvalue weighted by atomic mass is 16.5. The smallest absolute Gasteiger partial charge is 0.268 e. The molecule has 1 aromatic heterocycles. The van der Waals surface area contributed by atoms with E-state index in [1.165, 1.54) is 37.1 Å². The highest BCUT2D eigenvalue weighted by molar-refractivity contribution is 5.95. The van der Waals surface area contributed by atoms with Crippen molar-refractivity contribution < 1.29 is 24.3 Å². The highest BCUT2D eigenvalue weighted by Crippen LogP contribution is 2.02. The van der Waals surface area contributed by atoms with E-state index in [2.05, 4.69) is 5.32 Å². The zero-order chi connectivity index (χ0) is 13.5. The molecule has 0 aromatic carbocycles. The highest BCUT2D eigenvalue weighted by Gasteiger charge is 2.24. The molecule has 4 N–H and O–H groups in total. The standard InChI is InChI=1S/C11H14N2O5/c1-7(14)10(11(16)13-17)12-9(15)3-2-8-4-5-18-6-8/h2-7,10,14,17H,1H3,(H,12,15)(H,13,16). The molecule has 98 valence electrons. The molecular weight excluding hydrogens is 240 g/mol. The van der Waals surface area contributed by atoms with E-state index in [0.717, 1.165) is 0 Å². The molecule has 2 amide bonds. The summed E-state index contributed by atoms with van der Waals surface area (Å²) in [4.78, 5) is 22.6. The molecule has 0 aliphatic rings. The fraction of sp³-hybridized carbons (Fsp3) is 0.273. The van der Waals surface area contributed by atoms with Crippen molar-refractivity contribution in [2.75, 3.05) is 0 Å². The molecule has 0 saturated carbocycles. The maximum atomic E-state index is 11.5. The van der Waals surface area contributed by atoms with Crippen molar-refractivity contribution in [3.05, 3.63) is 30.2 Å². The number of nitrogens with one attached hydrogen (secondary N) is 2. The van der Waals surface area contributed by atoms with Gasteiger partial charge in [-0.15, -0.1) is 0 Å².